The molecule has 1 rings (SSSR count). The van der Waals surface area contributed by atoms with Crippen LogP contribution in [0.1, 0.15) is 5.56 Å². The number of aryl methyl sites for hydroxylation is 1. The Balaban J connectivity index is 3.17. The van der Waals surface area contributed by atoms with E-state index in [9.17, 15) is 0 Å². The van der Waals surface area contributed by atoms with Crippen molar-refractivity contribution >= 4 is 19.3 Å². The summed E-state index contributed by atoms with van der Waals surface area (Å²) in [6.07, 6.45) is 0. The Labute approximate surface area is 55.5 Å². The zero-order valence-electron chi connectivity index (χ0n) is 5.26. The molecule has 0 aliphatic rings. The normalized spacial score (nSPS) is 9.44. The van der Waals surface area contributed by atoms with Crippen LogP contribution in [0.4, 0.5) is 5.82 Å². The summed E-state index contributed by atoms with van der Waals surface area (Å²) >= 11 is 0. The van der Waals surface area contributed by atoms with Crippen LogP contribution < -0.4 is 11.3 Å². The average Bonchev–Trinajstić information content (AvgIpc) is 1.80. The lowest BCUT2D eigenvalue weighted by molar-refractivity contribution is 1.34. The molecule has 0 fully saturated rings. The first-order valence-corrected chi connectivity index (χ1v) is 2.69. The van der Waals surface area contributed by atoms with Crippen LogP contribution in [0.5, 0.6) is 0 Å². The first-order valence-electron chi connectivity index (χ1n) is 2.69. The van der Waals surface area contributed by atoms with Gasteiger partial charge in [0.15, 0.2) is 0 Å². The molecule has 2 N–H and O–H groups in total. The van der Waals surface area contributed by atoms with E-state index in [1.807, 2.05) is 13.0 Å². The maximum Gasteiger partial charge on any atom is 0.142 e. The molecule has 0 amide bonds. The van der Waals surface area contributed by atoms with Crippen LogP contribution >= 0.6 is 0 Å². The van der Waals surface area contributed by atoms with Gasteiger partial charge in [-0.25, -0.2) is 4.98 Å². The minimum absolute atomic E-state index is 0.470. The van der Waals surface area contributed by atoms with Crippen LogP contribution in [0.25, 0.3) is 0 Å². The molecule has 0 aliphatic carbocycles. The second-order valence-electron chi connectivity index (χ2n) is 1.94. The van der Waals surface area contributed by atoms with E-state index in [0.29, 0.717) is 11.4 Å². The van der Waals surface area contributed by atoms with Gasteiger partial charge in [0.1, 0.15) is 13.7 Å². The third kappa shape index (κ3) is 1.22. The summed E-state index contributed by atoms with van der Waals surface area (Å²) in [7, 11) is 5.43. The van der Waals surface area contributed by atoms with Gasteiger partial charge in [0, 0.05) is 0 Å². The summed E-state index contributed by atoms with van der Waals surface area (Å²) in [5, 5.41) is 0. The van der Waals surface area contributed by atoms with Gasteiger partial charge in [-0.15, -0.1) is 0 Å². The van der Waals surface area contributed by atoms with Crippen molar-refractivity contribution in [2.45, 2.75) is 6.92 Å². The smallest absolute Gasteiger partial charge is 0.142 e. The fourth-order valence-electron chi connectivity index (χ4n) is 0.560. The first-order chi connectivity index (χ1) is 4.20. The second kappa shape index (κ2) is 2.09. The van der Waals surface area contributed by atoms with Crippen molar-refractivity contribution in [2.24, 2.45) is 0 Å². The molecule has 2 radical (unpaired) electrons. The molecule has 2 nitrogen and oxygen atoms in total. The molecule has 0 saturated carbocycles. The van der Waals surface area contributed by atoms with E-state index in [0.717, 1.165) is 5.56 Å². The number of nitrogens with zero attached hydrogens (tertiary/aromatic N) is 1. The molecular formula is C6H7BN2. The standard InChI is InChI=1S/C6H7BN2/c1-4-2-3-5(8)9-6(4)7/h2-3H,1H3,(H2,8,9). The van der Waals surface area contributed by atoms with Gasteiger partial charge in [-0.3, -0.25) is 0 Å². The number of pyridine rings is 1. The average molecular weight is 118 g/mol. The van der Waals surface area contributed by atoms with Crippen molar-refractivity contribution in [3.63, 3.8) is 0 Å². The molecule has 0 unspecified atom stereocenters. The van der Waals surface area contributed by atoms with Gasteiger partial charge >= 0.3 is 0 Å². The van der Waals surface area contributed by atoms with Crippen molar-refractivity contribution in [2.75, 3.05) is 5.73 Å². The van der Waals surface area contributed by atoms with Gasteiger partial charge in [-0.05, 0) is 24.1 Å². The lowest BCUT2D eigenvalue weighted by atomic mass is 9.99. The Morgan fingerprint density at radius 2 is 2.22 bits per heavy atom. The Kier molecular flexibility index (Phi) is 1.43. The van der Waals surface area contributed by atoms with Gasteiger partial charge < -0.3 is 5.73 Å². The molecular weight excluding hydrogens is 111 g/mol. The van der Waals surface area contributed by atoms with E-state index in [2.05, 4.69) is 4.98 Å². The topological polar surface area (TPSA) is 38.9 Å². The summed E-state index contributed by atoms with van der Waals surface area (Å²) in [4.78, 5) is 3.83. The highest BCUT2D eigenvalue weighted by molar-refractivity contribution is 6.31. The number of nitrogens with two attached hydrogens (primary N) is 1. The highest BCUT2D eigenvalue weighted by Crippen LogP contribution is 1.94. The number of aromatic nitrogens is 1. The molecule has 44 valence electrons. The maximum absolute atomic E-state index is 5.43. The summed E-state index contributed by atoms with van der Waals surface area (Å²) in [6.45, 7) is 1.89. The monoisotopic (exact) mass is 118 g/mol. The van der Waals surface area contributed by atoms with Gasteiger partial charge in [0.2, 0.25) is 0 Å². The first kappa shape index (κ1) is 6.14. The summed E-state index contributed by atoms with van der Waals surface area (Å²) in [5.41, 5.74) is 6.81. The molecule has 0 bridgehead atoms. The van der Waals surface area contributed by atoms with Crippen LogP contribution in [0, 0.1) is 6.92 Å². The molecule has 0 aliphatic heterocycles. The SMILES string of the molecule is [B]c1nc(N)ccc1C. The molecule has 3 heteroatoms. The van der Waals surface area contributed by atoms with Crippen LogP contribution in [0.3, 0.4) is 0 Å². The Morgan fingerprint density at radius 3 is 2.67 bits per heavy atom. The van der Waals surface area contributed by atoms with Crippen LogP contribution in [-0.2, 0) is 0 Å². The third-order valence-corrected chi connectivity index (χ3v) is 1.16. The van der Waals surface area contributed by atoms with Crippen molar-refractivity contribution in [1.29, 1.82) is 0 Å². The molecule has 0 aromatic carbocycles. The predicted molar refractivity (Wildman–Crippen MR) is 38.8 cm³/mol. The minimum Gasteiger partial charge on any atom is -0.384 e. The summed E-state index contributed by atoms with van der Waals surface area (Å²) < 4.78 is 0. The van der Waals surface area contributed by atoms with Gasteiger partial charge in [0.05, 0.1) is 0 Å². The highest BCUT2D eigenvalue weighted by Gasteiger charge is 1.90. The number of hydrogen-bond donors (Lipinski definition) is 1. The summed E-state index contributed by atoms with van der Waals surface area (Å²) in [6, 6.07) is 3.57. The van der Waals surface area contributed by atoms with Gasteiger partial charge in [-0.1, -0.05) is 6.07 Å². The number of rotatable bonds is 0. The van der Waals surface area contributed by atoms with E-state index in [4.69, 9.17) is 13.6 Å². The lowest BCUT2D eigenvalue weighted by Crippen LogP contribution is -2.13. The van der Waals surface area contributed by atoms with E-state index < -0.39 is 0 Å². The second-order valence-corrected chi connectivity index (χ2v) is 1.94. The molecule has 1 aromatic rings. The largest absolute Gasteiger partial charge is 0.384 e. The molecule has 0 atom stereocenters. The van der Waals surface area contributed by atoms with Crippen molar-refractivity contribution < 1.29 is 0 Å². The van der Waals surface area contributed by atoms with E-state index in [1.165, 1.54) is 0 Å². The Hall–Kier alpha value is -0.985. The lowest BCUT2D eigenvalue weighted by Gasteiger charge is -1.97. The zero-order chi connectivity index (χ0) is 6.85. The summed E-state index contributed by atoms with van der Waals surface area (Å²) in [5.74, 6) is 0.470. The van der Waals surface area contributed by atoms with Gasteiger partial charge in [-0.2, -0.15) is 0 Å². The molecule has 1 aromatic heterocycles. The predicted octanol–water partition coefficient (Wildman–Crippen LogP) is -0.234. The highest BCUT2D eigenvalue weighted by atomic mass is 14.8. The van der Waals surface area contributed by atoms with Crippen LogP contribution in [-0.4, -0.2) is 12.8 Å². The Morgan fingerprint density at radius 1 is 1.56 bits per heavy atom. The van der Waals surface area contributed by atoms with Crippen LogP contribution in [0.2, 0.25) is 0 Å². The van der Waals surface area contributed by atoms with Gasteiger partial charge in [0.25, 0.3) is 0 Å². The number of anilines is 1. The van der Waals surface area contributed by atoms with Crippen molar-refractivity contribution in [3.05, 3.63) is 17.7 Å². The minimum atomic E-state index is 0.470. The zero-order valence-corrected chi connectivity index (χ0v) is 5.26. The number of nitrogen functional groups attached to an aromatic ring is 1. The van der Waals surface area contributed by atoms with Crippen molar-refractivity contribution in [1.82, 2.24) is 4.98 Å². The van der Waals surface area contributed by atoms with E-state index >= 15 is 0 Å². The molecule has 0 saturated heterocycles. The Bertz CT molecular complexity index is 222. The quantitative estimate of drug-likeness (QED) is 0.477. The molecule has 1 heterocycles. The fraction of sp³-hybridized carbons (Fsp3) is 0.167. The van der Waals surface area contributed by atoms with E-state index in [-0.39, 0.29) is 0 Å². The van der Waals surface area contributed by atoms with E-state index in [1.54, 1.807) is 6.07 Å². The maximum atomic E-state index is 5.43. The molecule has 0 spiro atoms. The van der Waals surface area contributed by atoms with Crippen molar-refractivity contribution in [3.8, 4) is 0 Å². The third-order valence-electron chi connectivity index (χ3n) is 1.16. The van der Waals surface area contributed by atoms with Crippen LogP contribution in [0.15, 0.2) is 12.1 Å². The molecule has 9 heavy (non-hydrogen) atoms. The number of hydrogen-bond acceptors (Lipinski definition) is 2. The fourth-order valence-corrected chi connectivity index (χ4v) is 0.560.